The molecule has 2 N–H and O–H groups in total. The molecule has 0 radical (unpaired) electrons. The number of hydrogen-bond donors (Lipinski definition) is 2. The fourth-order valence-corrected chi connectivity index (χ4v) is 2.13. The van der Waals surface area contributed by atoms with Crippen LogP contribution in [0.25, 0.3) is 0 Å². The Hall–Kier alpha value is -2.74. The third-order valence-corrected chi connectivity index (χ3v) is 3.37. The second kappa shape index (κ2) is 8.78. The molecular weight excluding hydrogens is 328 g/mol. The molecule has 24 heavy (non-hydrogen) atoms. The van der Waals surface area contributed by atoms with E-state index in [-0.39, 0.29) is 11.6 Å². The van der Waals surface area contributed by atoms with Crippen molar-refractivity contribution in [3.8, 4) is 0 Å². The molecule has 8 heteroatoms. The Kier molecular flexibility index (Phi) is 6.44. The van der Waals surface area contributed by atoms with Crippen molar-refractivity contribution < 1.29 is 9.34 Å². The van der Waals surface area contributed by atoms with Gasteiger partial charge in [-0.25, -0.2) is 0 Å². The Morgan fingerprint density at radius 3 is 2.71 bits per heavy atom. The molecule has 0 spiro atoms. The van der Waals surface area contributed by atoms with Crippen molar-refractivity contribution in [2.45, 2.75) is 26.2 Å². The molecule has 0 saturated heterocycles. The van der Waals surface area contributed by atoms with Gasteiger partial charge in [-0.05, 0) is 48.8 Å². The summed E-state index contributed by atoms with van der Waals surface area (Å²) in [5.41, 5.74) is 4.78. The van der Waals surface area contributed by atoms with Crippen LogP contribution in [0.2, 0.25) is 0 Å². The highest BCUT2D eigenvalue weighted by atomic mass is 32.1. The molecule has 0 aliphatic rings. The van der Waals surface area contributed by atoms with E-state index in [2.05, 4.69) is 34.9 Å². The molecule has 1 aromatic carbocycles. The smallest absolute Gasteiger partial charge is 0.400 e. The van der Waals surface area contributed by atoms with Gasteiger partial charge in [0.25, 0.3) is 0 Å². The van der Waals surface area contributed by atoms with Crippen LogP contribution in [0, 0.1) is 10.1 Å². The van der Waals surface area contributed by atoms with Gasteiger partial charge in [-0.3, -0.25) is 15.5 Å². The van der Waals surface area contributed by atoms with E-state index in [4.69, 9.17) is 16.6 Å². The van der Waals surface area contributed by atoms with Crippen molar-refractivity contribution >= 4 is 35.1 Å². The Bertz CT molecular complexity index is 725. The van der Waals surface area contributed by atoms with Crippen molar-refractivity contribution in [3.63, 3.8) is 0 Å². The van der Waals surface area contributed by atoms with Gasteiger partial charge < -0.3 is 9.73 Å². The van der Waals surface area contributed by atoms with Crippen molar-refractivity contribution in [1.29, 1.82) is 0 Å². The van der Waals surface area contributed by atoms with Crippen LogP contribution in [0.5, 0.6) is 0 Å². The Morgan fingerprint density at radius 1 is 1.33 bits per heavy atom. The molecule has 0 aliphatic carbocycles. The number of anilines is 1. The van der Waals surface area contributed by atoms with Crippen LogP contribution < -0.4 is 10.7 Å². The minimum Gasteiger partial charge on any atom is -0.400 e. The molecule has 7 nitrogen and oxygen atoms in total. The summed E-state index contributed by atoms with van der Waals surface area (Å²) in [6.45, 7) is 2.17. The first kappa shape index (κ1) is 17.6. The van der Waals surface area contributed by atoms with Crippen molar-refractivity contribution in [2.24, 2.45) is 5.10 Å². The van der Waals surface area contributed by atoms with Gasteiger partial charge in [0.2, 0.25) is 0 Å². The molecule has 1 aromatic heterocycles. The summed E-state index contributed by atoms with van der Waals surface area (Å²) in [5.74, 6) is -0.0717. The van der Waals surface area contributed by atoms with E-state index in [0.717, 1.165) is 12.1 Å². The number of rotatable bonds is 7. The van der Waals surface area contributed by atoms with Gasteiger partial charge in [0.1, 0.15) is 4.92 Å². The van der Waals surface area contributed by atoms with Crippen LogP contribution in [0.3, 0.4) is 0 Å². The van der Waals surface area contributed by atoms with Crippen LogP contribution in [0.15, 0.2) is 45.9 Å². The number of furan rings is 1. The highest BCUT2D eigenvalue weighted by Gasteiger charge is 2.10. The number of aryl methyl sites for hydroxylation is 1. The maximum atomic E-state index is 10.5. The lowest BCUT2D eigenvalue weighted by molar-refractivity contribution is -0.402. The van der Waals surface area contributed by atoms with Crippen LogP contribution in [-0.4, -0.2) is 16.3 Å². The second-order valence-electron chi connectivity index (χ2n) is 5.06. The fourth-order valence-electron chi connectivity index (χ4n) is 1.96. The number of hydrogen-bond acceptors (Lipinski definition) is 5. The number of unbranched alkanes of at least 4 members (excludes halogenated alkanes) is 1. The van der Waals surface area contributed by atoms with Gasteiger partial charge in [-0.2, -0.15) is 5.10 Å². The predicted molar refractivity (Wildman–Crippen MR) is 97.4 cm³/mol. The topological polar surface area (TPSA) is 92.7 Å². The van der Waals surface area contributed by atoms with Crippen molar-refractivity contribution in [3.05, 3.63) is 57.8 Å². The van der Waals surface area contributed by atoms with E-state index in [0.29, 0.717) is 5.11 Å². The normalized spacial score (nSPS) is 10.7. The van der Waals surface area contributed by atoms with E-state index in [1.165, 1.54) is 36.8 Å². The standard InChI is InChI=1S/C16H18N4O3S/c1-2-3-4-12-5-7-13(8-6-12)18-16(24)19-17-11-14-9-10-15(23-14)20(21)22/h5-11H,2-4H2,1H3,(H2,18,19,24)/b17-11-. The molecule has 0 amide bonds. The van der Waals surface area contributed by atoms with Crippen LogP contribution in [0.4, 0.5) is 11.6 Å². The summed E-state index contributed by atoms with van der Waals surface area (Å²) in [7, 11) is 0. The summed E-state index contributed by atoms with van der Waals surface area (Å²) in [4.78, 5) is 9.89. The number of nitro groups is 1. The Labute approximate surface area is 144 Å². The fraction of sp³-hybridized carbons (Fsp3) is 0.250. The third kappa shape index (κ3) is 5.47. The van der Waals surface area contributed by atoms with Gasteiger partial charge >= 0.3 is 5.88 Å². The SMILES string of the molecule is CCCCc1ccc(NC(=S)N/N=C\c2ccc([N+](=O)[O-])o2)cc1. The number of hydrazone groups is 1. The maximum absolute atomic E-state index is 10.5. The number of nitrogens with one attached hydrogen (secondary N) is 2. The van der Waals surface area contributed by atoms with Crippen molar-refractivity contribution in [2.75, 3.05) is 5.32 Å². The average molecular weight is 346 g/mol. The zero-order chi connectivity index (χ0) is 17.4. The first-order chi connectivity index (χ1) is 11.6. The molecule has 0 aliphatic heterocycles. The Morgan fingerprint density at radius 2 is 2.08 bits per heavy atom. The summed E-state index contributed by atoms with van der Waals surface area (Å²) >= 11 is 5.13. The quantitative estimate of drug-likeness (QED) is 0.342. The molecule has 0 saturated carbocycles. The minimum atomic E-state index is -0.610. The molecule has 0 atom stereocenters. The minimum absolute atomic E-state index is 0.261. The third-order valence-electron chi connectivity index (χ3n) is 3.18. The Balaban J connectivity index is 1.81. The summed E-state index contributed by atoms with van der Waals surface area (Å²) < 4.78 is 4.94. The van der Waals surface area contributed by atoms with E-state index >= 15 is 0 Å². The molecule has 2 aromatic rings. The molecular formula is C16H18N4O3S. The second-order valence-corrected chi connectivity index (χ2v) is 5.47. The maximum Gasteiger partial charge on any atom is 0.433 e. The number of thiocarbonyl (C=S) groups is 1. The van der Waals surface area contributed by atoms with E-state index < -0.39 is 4.92 Å². The van der Waals surface area contributed by atoms with Gasteiger partial charge in [0.05, 0.1) is 12.3 Å². The van der Waals surface area contributed by atoms with Gasteiger partial charge in [0.15, 0.2) is 10.9 Å². The lowest BCUT2D eigenvalue weighted by Gasteiger charge is -2.07. The predicted octanol–water partition coefficient (Wildman–Crippen LogP) is 3.85. The highest BCUT2D eigenvalue weighted by molar-refractivity contribution is 7.80. The number of benzene rings is 1. The average Bonchev–Trinajstić information content (AvgIpc) is 3.03. The lowest BCUT2D eigenvalue weighted by atomic mass is 10.1. The molecule has 0 fully saturated rings. The van der Waals surface area contributed by atoms with Crippen molar-refractivity contribution in [1.82, 2.24) is 5.43 Å². The number of nitrogens with zero attached hydrogens (tertiary/aromatic N) is 2. The zero-order valence-corrected chi connectivity index (χ0v) is 14.0. The summed E-state index contributed by atoms with van der Waals surface area (Å²) in [5, 5.41) is 17.7. The molecule has 0 unspecified atom stereocenters. The zero-order valence-electron chi connectivity index (χ0n) is 13.2. The van der Waals surface area contributed by atoms with Crippen LogP contribution in [-0.2, 0) is 6.42 Å². The van der Waals surface area contributed by atoms with Crippen LogP contribution >= 0.6 is 12.2 Å². The molecule has 0 bridgehead atoms. The van der Waals surface area contributed by atoms with E-state index in [9.17, 15) is 10.1 Å². The van der Waals surface area contributed by atoms with E-state index in [1.807, 2.05) is 12.1 Å². The summed E-state index contributed by atoms with van der Waals surface area (Å²) in [6, 6.07) is 10.8. The summed E-state index contributed by atoms with van der Waals surface area (Å²) in [6.07, 6.45) is 4.73. The monoisotopic (exact) mass is 346 g/mol. The molecule has 126 valence electrons. The molecule has 1 heterocycles. The van der Waals surface area contributed by atoms with Gasteiger partial charge in [-0.1, -0.05) is 25.5 Å². The largest absolute Gasteiger partial charge is 0.433 e. The van der Waals surface area contributed by atoms with Gasteiger partial charge in [-0.15, -0.1) is 0 Å². The lowest BCUT2D eigenvalue weighted by Crippen LogP contribution is -2.23. The van der Waals surface area contributed by atoms with E-state index in [1.54, 1.807) is 0 Å². The molecule has 2 rings (SSSR count). The first-order valence-corrected chi connectivity index (χ1v) is 7.92. The van der Waals surface area contributed by atoms with Crippen LogP contribution in [0.1, 0.15) is 31.1 Å². The van der Waals surface area contributed by atoms with Gasteiger partial charge in [0, 0.05) is 5.69 Å². The highest BCUT2D eigenvalue weighted by Crippen LogP contribution is 2.14. The first-order valence-electron chi connectivity index (χ1n) is 7.51.